The smallest absolute Gasteiger partial charge is 0.215 e. The van der Waals surface area contributed by atoms with Crippen LogP contribution in [0.15, 0.2) is 6.33 Å². The van der Waals surface area contributed by atoms with Gasteiger partial charge in [0, 0.05) is 0 Å². The number of hydrogen-bond acceptors (Lipinski definition) is 7. The van der Waals surface area contributed by atoms with Crippen LogP contribution in [-0.2, 0) is 0 Å². The minimum Gasteiger partial charge on any atom is -0.374 e. The molecule has 9 heteroatoms. The number of nitrogen functional groups attached to an aromatic ring is 2. The number of nitrogens with two attached hydrogens (primary N) is 2. The summed E-state index contributed by atoms with van der Waals surface area (Å²) in [5.41, 5.74) is 10.2. The van der Waals surface area contributed by atoms with Crippen molar-refractivity contribution in [1.29, 1.82) is 0 Å². The molecule has 0 bridgehead atoms. The Kier molecular flexibility index (Phi) is 3.34. The Morgan fingerprint density at radius 2 is 2.15 bits per heavy atom. The van der Waals surface area contributed by atoms with Gasteiger partial charge in [-0.3, -0.25) is 5.10 Å². The van der Waals surface area contributed by atoms with Crippen molar-refractivity contribution >= 4 is 34.6 Å². The summed E-state index contributed by atoms with van der Waals surface area (Å²) in [4.78, 5) is 3.53. The summed E-state index contributed by atoms with van der Waals surface area (Å²) in [7, 11) is 0. The van der Waals surface area contributed by atoms with Gasteiger partial charge in [-0.25, -0.2) is 10.1 Å². The van der Waals surface area contributed by atoms with Crippen LogP contribution in [0.3, 0.4) is 0 Å². The van der Waals surface area contributed by atoms with E-state index >= 15 is 0 Å². The molecule has 0 saturated carbocycles. The van der Waals surface area contributed by atoms with Crippen molar-refractivity contribution in [3.63, 3.8) is 0 Å². The molecule has 0 atom stereocenters. The molecule has 2 heterocycles. The summed E-state index contributed by atoms with van der Waals surface area (Å²) in [6, 6.07) is 0. The quantitative estimate of drug-likeness (QED) is 0.466. The highest BCUT2D eigenvalue weighted by molar-refractivity contribution is 7.73. The third-order valence-electron chi connectivity index (χ3n) is 0.888. The van der Waals surface area contributed by atoms with E-state index in [2.05, 4.69) is 37.6 Å². The molecule has 2 aromatic rings. The molecule has 0 spiro atoms. The monoisotopic (exact) mass is 217 g/mol. The van der Waals surface area contributed by atoms with Crippen LogP contribution in [-0.4, -0.2) is 25.4 Å². The fourth-order valence-electron chi connectivity index (χ4n) is 0.456. The number of hydrogen-bond donors (Lipinski definition) is 4. The van der Waals surface area contributed by atoms with E-state index in [1.165, 1.54) is 17.7 Å². The largest absolute Gasteiger partial charge is 0.374 e. The van der Waals surface area contributed by atoms with Crippen molar-refractivity contribution in [2.24, 2.45) is 0 Å². The molecule has 0 amide bonds. The fraction of sp³-hybridized carbons (Fsp3) is 0. The number of nitrogens with zero attached hydrogens (tertiary/aromatic N) is 3. The Balaban J connectivity index is 0.000000132. The molecular weight excluding hydrogens is 210 g/mol. The van der Waals surface area contributed by atoms with Crippen LogP contribution in [0.4, 0.5) is 11.1 Å². The molecule has 0 fully saturated rings. The molecule has 0 saturated heterocycles. The van der Waals surface area contributed by atoms with Gasteiger partial charge >= 0.3 is 0 Å². The highest BCUT2D eigenvalue weighted by atomic mass is 32.1. The molecule has 2 rings (SSSR count). The van der Waals surface area contributed by atoms with E-state index in [1.54, 1.807) is 0 Å². The molecule has 2 aromatic heterocycles. The SMILES string of the molecule is Nc1n[nH]c(=S)s1.Nc1ncn[nH]1. The van der Waals surface area contributed by atoms with E-state index < -0.39 is 0 Å². The Bertz CT molecular complexity index is 387. The average molecular weight is 217 g/mol. The molecule has 0 radical (unpaired) electrons. The zero-order chi connectivity index (χ0) is 9.68. The molecule has 6 N–H and O–H groups in total. The predicted molar refractivity (Wildman–Crippen MR) is 52.5 cm³/mol. The average Bonchev–Trinajstić information content (AvgIpc) is 2.64. The van der Waals surface area contributed by atoms with E-state index in [0.717, 1.165) is 0 Å². The minimum atomic E-state index is 0.356. The maximum atomic E-state index is 5.19. The lowest BCUT2D eigenvalue weighted by molar-refractivity contribution is 1.09. The molecule has 0 aliphatic heterocycles. The Labute approximate surface area is 82.2 Å². The number of nitrogens with one attached hydrogen (secondary N) is 2. The number of rotatable bonds is 0. The van der Waals surface area contributed by atoms with Crippen LogP contribution in [0.1, 0.15) is 0 Å². The molecule has 13 heavy (non-hydrogen) atoms. The van der Waals surface area contributed by atoms with Gasteiger partial charge in [-0.2, -0.15) is 5.10 Å². The van der Waals surface area contributed by atoms with Crippen molar-refractivity contribution in [3.8, 4) is 0 Å². The summed E-state index contributed by atoms with van der Waals surface area (Å²) in [6.45, 7) is 0. The van der Waals surface area contributed by atoms with Gasteiger partial charge in [0.15, 0.2) is 3.95 Å². The van der Waals surface area contributed by atoms with E-state index in [0.29, 0.717) is 15.0 Å². The molecular formula is C4H7N7S2. The Morgan fingerprint density at radius 1 is 1.38 bits per heavy atom. The Hall–Kier alpha value is -1.48. The third-order valence-corrected chi connectivity index (χ3v) is 1.81. The zero-order valence-corrected chi connectivity index (χ0v) is 8.02. The zero-order valence-electron chi connectivity index (χ0n) is 6.39. The first-order chi connectivity index (χ1) is 6.18. The van der Waals surface area contributed by atoms with Gasteiger partial charge in [-0.05, 0) is 12.2 Å². The topological polar surface area (TPSA) is 122 Å². The second-order valence-electron chi connectivity index (χ2n) is 1.82. The highest BCUT2D eigenvalue weighted by Gasteiger charge is 1.83. The number of anilines is 2. The Morgan fingerprint density at radius 3 is 2.31 bits per heavy atom. The number of H-pyrrole nitrogens is 2. The second-order valence-corrected chi connectivity index (χ2v) is 3.52. The lowest BCUT2D eigenvalue weighted by Gasteiger charge is -1.68. The van der Waals surface area contributed by atoms with Crippen LogP contribution in [0.2, 0.25) is 0 Å². The molecule has 0 aliphatic carbocycles. The third kappa shape index (κ3) is 3.62. The van der Waals surface area contributed by atoms with Gasteiger partial charge in [0.05, 0.1) is 0 Å². The second kappa shape index (κ2) is 4.52. The standard InChI is InChI=1S/C2H4N4.C2H3N3S2/c3-2-4-1-5-6-2;3-1-4-5-2(6)7-1/h1H,(H3,3,4,5,6);(H2,3,4)(H,5,6). The van der Waals surface area contributed by atoms with E-state index in [-0.39, 0.29) is 0 Å². The molecule has 0 aliphatic rings. The minimum absolute atomic E-state index is 0.356. The van der Waals surface area contributed by atoms with Crippen molar-refractivity contribution in [1.82, 2.24) is 25.4 Å². The van der Waals surface area contributed by atoms with Crippen molar-refractivity contribution in [2.75, 3.05) is 11.5 Å². The first-order valence-corrected chi connectivity index (χ1v) is 4.33. The van der Waals surface area contributed by atoms with Gasteiger partial charge in [0.2, 0.25) is 11.1 Å². The summed E-state index contributed by atoms with van der Waals surface area (Å²) >= 11 is 5.92. The summed E-state index contributed by atoms with van der Waals surface area (Å²) in [5, 5.41) is 12.5. The van der Waals surface area contributed by atoms with Crippen LogP contribution in [0.5, 0.6) is 0 Å². The predicted octanol–water partition coefficient (Wildman–Crippen LogP) is 0.170. The molecule has 0 unspecified atom stereocenters. The van der Waals surface area contributed by atoms with Crippen molar-refractivity contribution in [3.05, 3.63) is 10.3 Å². The summed E-state index contributed by atoms with van der Waals surface area (Å²) < 4.78 is 0.623. The van der Waals surface area contributed by atoms with Gasteiger partial charge < -0.3 is 11.5 Å². The van der Waals surface area contributed by atoms with Crippen molar-refractivity contribution < 1.29 is 0 Å². The van der Waals surface area contributed by atoms with Gasteiger partial charge in [0.25, 0.3) is 0 Å². The van der Waals surface area contributed by atoms with Gasteiger partial charge in [0.1, 0.15) is 6.33 Å². The number of aromatic nitrogens is 5. The summed E-state index contributed by atoms with van der Waals surface area (Å²) in [6.07, 6.45) is 1.36. The highest BCUT2D eigenvalue weighted by Crippen LogP contribution is 2.03. The lowest BCUT2D eigenvalue weighted by atomic mass is 11.1. The maximum absolute atomic E-state index is 5.19. The van der Waals surface area contributed by atoms with Crippen LogP contribution >= 0.6 is 23.6 Å². The van der Waals surface area contributed by atoms with Crippen LogP contribution in [0.25, 0.3) is 0 Å². The van der Waals surface area contributed by atoms with Gasteiger partial charge in [-0.1, -0.05) is 11.3 Å². The van der Waals surface area contributed by atoms with Crippen LogP contribution in [0, 0.1) is 3.95 Å². The van der Waals surface area contributed by atoms with Gasteiger partial charge in [-0.15, -0.1) is 5.10 Å². The van der Waals surface area contributed by atoms with Crippen LogP contribution < -0.4 is 11.5 Å². The molecule has 0 aromatic carbocycles. The first kappa shape index (κ1) is 9.61. The van der Waals surface area contributed by atoms with E-state index in [4.69, 9.17) is 11.5 Å². The fourth-order valence-corrected chi connectivity index (χ4v) is 1.13. The normalized spacial score (nSPS) is 8.92. The molecule has 7 nitrogen and oxygen atoms in total. The first-order valence-electron chi connectivity index (χ1n) is 3.10. The van der Waals surface area contributed by atoms with Crippen molar-refractivity contribution in [2.45, 2.75) is 0 Å². The van der Waals surface area contributed by atoms with E-state index in [9.17, 15) is 0 Å². The maximum Gasteiger partial charge on any atom is 0.215 e. The number of aromatic amines is 2. The van der Waals surface area contributed by atoms with E-state index in [1.807, 2.05) is 0 Å². The lowest BCUT2D eigenvalue weighted by Crippen LogP contribution is -1.84. The molecule has 70 valence electrons. The summed E-state index contributed by atoms with van der Waals surface area (Å²) in [5.74, 6) is 0.356.